The largest absolute Gasteiger partial charge is 0.480 e. The van der Waals surface area contributed by atoms with Crippen LogP contribution in [-0.4, -0.2) is 78.1 Å². The van der Waals surface area contributed by atoms with Crippen molar-refractivity contribution >= 4 is 83.6 Å². The molecule has 334 valence electrons. The molecule has 0 fully saturated rings. The van der Waals surface area contributed by atoms with Gasteiger partial charge in [-0.05, 0) is 105 Å². The summed E-state index contributed by atoms with van der Waals surface area (Å²) in [5.74, 6) is -2.88. The van der Waals surface area contributed by atoms with Crippen molar-refractivity contribution in [2.75, 3.05) is 29.0 Å². The normalized spacial score (nSPS) is 12.0. The Hall–Kier alpha value is -7.33. The average molecular weight is 915 g/mol. The first-order valence-corrected chi connectivity index (χ1v) is 21.9. The molecule has 6 rings (SSSR count). The van der Waals surface area contributed by atoms with Gasteiger partial charge in [-0.3, -0.25) is 18.7 Å². The molecule has 0 bridgehead atoms. The van der Waals surface area contributed by atoms with Crippen LogP contribution >= 0.6 is 0 Å². The number of carboxylic acid groups (broad SMARTS) is 2. The second kappa shape index (κ2) is 17.4. The summed E-state index contributed by atoms with van der Waals surface area (Å²) in [6.45, 7) is 7.64. The van der Waals surface area contributed by atoms with Crippen LogP contribution in [0.4, 0.5) is 38.0 Å². The van der Waals surface area contributed by atoms with Gasteiger partial charge in [0, 0.05) is 45.6 Å². The van der Waals surface area contributed by atoms with Gasteiger partial charge in [-0.2, -0.15) is 16.8 Å². The number of rotatable bonds is 12. The quantitative estimate of drug-likeness (QED) is 0.0452. The topological polar surface area (TPSA) is 308 Å². The summed E-state index contributed by atoms with van der Waals surface area (Å²) in [5.41, 5.74) is 10.3. The number of amides is 4. The zero-order valence-corrected chi connectivity index (χ0v) is 36.6. The number of carbonyl (C=O) groups is 4. The van der Waals surface area contributed by atoms with E-state index in [2.05, 4.69) is 16.0 Å². The molecule has 4 aromatic carbocycles. The molecule has 64 heavy (non-hydrogen) atoms. The maximum absolute atomic E-state index is 13.3. The zero-order chi connectivity index (χ0) is 47.2. The minimum absolute atomic E-state index is 0.0339. The number of urea groups is 2. The number of carbonyl (C=O) groups excluding carboxylic acids is 2. The summed E-state index contributed by atoms with van der Waals surface area (Å²) in [6.07, 6.45) is 0. The van der Waals surface area contributed by atoms with Crippen LogP contribution in [0, 0.1) is 41.5 Å². The molecule has 2 aliphatic rings. The number of anilines is 4. The number of fused-ring (bicyclic) bond motifs is 2. The van der Waals surface area contributed by atoms with Gasteiger partial charge < -0.3 is 41.2 Å². The van der Waals surface area contributed by atoms with E-state index in [0.717, 1.165) is 11.1 Å². The Balaban J connectivity index is 1.60. The Labute approximate surface area is 366 Å². The molecule has 0 saturated heterocycles. The number of carboxylic acids is 2. The minimum atomic E-state index is -5.00. The van der Waals surface area contributed by atoms with E-state index in [0.29, 0.717) is 44.0 Å². The average Bonchev–Trinajstić information content (AvgIpc) is 3.18. The minimum Gasteiger partial charge on any atom is -0.480 e. The van der Waals surface area contributed by atoms with E-state index in [4.69, 9.17) is 15.1 Å². The third-order valence-corrected chi connectivity index (χ3v) is 12.5. The van der Waals surface area contributed by atoms with Crippen molar-refractivity contribution in [1.82, 2.24) is 4.90 Å². The van der Waals surface area contributed by atoms with E-state index in [9.17, 15) is 55.3 Å². The van der Waals surface area contributed by atoms with Crippen molar-refractivity contribution in [2.24, 2.45) is 10.7 Å². The van der Waals surface area contributed by atoms with Gasteiger partial charge in [-0.15, -0.1) is 0 Å². The Kier molecular flexibility index (Phi) is 12.6. The van der Waals surface area contributed by atoms with E-state index < -0.39 is 62.2 Å². The molecule has 1 aliphatic heterocycles. The van der Waals surface area contributed by atoms with Crippen molar-refractivity contribution in [3.8, 4) is 22.5 Å². The Bertz CT molecular complexity index is 3220. The van der Waals surface area contributed by atoms with Crippen LogP contribution in [0.1, 0.15) is 33.4 Å². The molecule has 0 radical (unpaired) electrons. The second-order valence-electron chi connectivity index (χ2n) is 14.9. The summed E-state index contributed by atoms with van der Waals surface area (Å²) in [4.78, 5) is 52.2. The van der Waals surface area contributed by atoms with Crippen molar-refractivity contribution in [2.45, 2.75) is 51.3 Å². The number of benzene rings is 5. The zero-order valence-electron chi connectivity index (χ0n) is 35.0. The van der Waals surface area contributed by atoms with Crippen LogP contribution in [0.3, 0.4) is 0 Å². The fraction of sp³-hybridized carbons (Fsp3) is 0.186. The third kappa shape index (κ3) is 9.37. The SMILES string of the molecule is Cc1cc(C)c(Nc2ccc3c(-c4ccccc4S(=O)(=O)O)c4cc/c(=N\c5c(C)c(NC(=O)N(CC(=O)O)CC(=O)O)c(C)c(S(=O)(=O)O)c5C)cc-4oc3c2)c(C)c1NC(N)=O. The number of nitrogens with two attached hydrogens (primary N) is 1. The lowest BCUT2D eigenvalue weighted by Gasteiger charge is -2.23. The third-order valence-electron chi connectivity index (χ3n) is 10.4. The fourth-order valence-corrected chi connectivity index (χ4v) is 9.49. The van der Waals surface area contributed by atoms with Crippen molar-refractivity contribution < 1.29 is 59.7 Å². The van der Waals surface area contributed by atoms with Crippen LogP contribution < -0.4 is 27.0 Å². The first-order chi connectivity index (χ1) is 29.9. The highest BCUT2D eigenvalue weighted by molar-refractivity contribution is 7.86. The molecule has 19 nitrogen and oxygen atoms in total. The number of primary amides is 1. The van der Waals surface area contributed by atoms with Gasteiger partial charge in [0.25, 0.3) is 20.2 Å². The van der Waals surface area contributed by atoms with Crippen molar-refractivity contribution in [3.05, 3.63) is 105 Å². The fourth-order valence-electron chi connectivity index (χ4n) is 7.82. The summed E-state index contributed by atoms with van der Waals surface area (Å²) >= 11 is 0. The molecular formula is C43H42N6O13S2. The van der Waals surface area contributed by atoms with E-state index in [1.165, 1.54) is 51.1 Å². The molecule has 1 aliphatic carbocycles. The molecule has 0 atom stereocenters. The smallest absolute Gasteiger partial charge is 0.323 e. The maximum Gasteiger partial charge on any atom is 0.323 e. The summed E-state index contributed by atoms with van der Waals surface area (Å²) < 4.78 is 78.3. The van der Waals surface area contributed by atoms with Crippen molar-refractivity contribution in [1.29, 1.82) is 0 Å². The molecule has 4 amide bonds. The molecule has 4 aromatic rings. The first kappa shape index (κ1) is 46.2. The van der Waals surface area contributed by atoms with E-state index >= 15 is 0 Å². The lowest BCUT2D eigenvalue weighted by atomic mass is 9.93. The number of hydrogen-bond acceptors (Lipinski definition) is 11. The second-order valence-corrected chi connectivity index (χ2v) is 17.7. The van der Waals surface area contributed by atoms with Gasteiger partial charge in [0.05, 0.1) is 22.4 Å². The Morgan fingerprint density at radius 1 is 0.703 bits per heavy atom. The van der Waals surface area contributed by atoms with Crippen LogP contribution in [0.2, 0.25) is 0 Å². The highest BCUT2D eigenvalue weighted by Crippen LogP contribution is 2.44. The van der Waals surface area contributed by atoms with E-state index in [-0.39, 0.29) is 55.2 Å². The van der Waals surface area contributed by atoms with Crippen LogP contribution in [0.15, 0.2) is 85.9 Å². The molecule has 0 saturated carbocycles. The predicted octanol–water partition coefficient (Wildman–Crippen LogP) is 7.02. The number of nitrogens with one attached hydrogen (secondary N) is 3. The Morgan fingerprint density at radius 3 is 1.95 bits per heavy atom. The standard InChI is InChI=1S/C43H42N6O13S2/c1-20-15-21(2)38(47-42(44)54)22(3)37(20)45-26-11-13-28-31(16-26)62-32-17-27(12-14-29(32)36(28)30-9-7-8-10-33(30)63(56,57)58)46-39-23(4)40(25(6)41(24(39)5)64(59,60)61)48-43(55)49(18-34(50)51)19-35(52)53/h7-17,45H,18-19H2,1-6H3,(H,48,55)(H,50,51)(H,52,53)(H3,44,47,54)(H,56,57,58)(H,59,60,61)/b46-27+. The lowest BCUT2D eigenvalue weighted by Crippen LogP contribution is -2.42. The van der Waals surface area contributed by atoms with Crippen LogP contribution in [0.25, 0.3) is 33.4 Å². The molecule has 0 unspecified atom stereocenters. The van der Waals surface area contributed by atoms with E-state index in [1.807, 2.05) is 26.8 Å². The summed E-state index contributed by atoms with van der Waals surface area (Å²) in [7, 11) is -9.76. The number of hydrogen-bond donors (Lipinski definition) is 8. The monoisotopic (exact) mass is 914 g/mol. The lowest BCUT2D eigenvalue weighted by molar-refractivity contribution is -0.140. The molecule has 0 spiro atoms. The van der Waals surface area contributed by atoms with Gasteiger partial charge in [-0.1, -0.05) is 24.3 Å². The van der Waals surface area contributed by atoms with Crippen LogP contribution in [0.5, 0.6) is 0 Å². The molecule has 0 aromatic heterocycles. The van der Waals surface area contributed by atoms with Gasteiger partial charge in [0.1, 0.15) is 34.2 Å². The number of aliphatic carboxylic acids is 2. The molecular weight excluding hydrogens is 873 g/mol. The van der Waals surface area contributed by atoms with Gasteiger partial charge in [0.2, 0.25) is 0 Å². The number of aryl methyl sites for hydroxylation is 2. The molecule has 9 N–H and O–H groups in total. The predicted molar refractivity (Wildman–Crippen MR) is 237 cm³/mol. The molecule has 21 heteroatoms. The number of nitrogens with zero attached hydrogens (tertiary/aromatic N) is 2. The van der Waals surface area contributed by atoms with Gasteiger partial charge in [-0.25, -0.2) is 14.6 Å². The summed E-state index contributed by atoms with van der Waals surface area (Å²) in [5, 5.41) is 27.6. The maximum atomic E-state index is 13.3. The van der Waals surface area contributed by atoms with Crippen LogP contribution in [-0.2, 0) is 29.8 Å². The highest BCUT2D eigenvalue weighted by Gasteiger charge is 2.29. The summed E-state index contributed by atoms with van der Waals surface area (Å²) in [6, 6.07) is 15.5. The molecule has 1 heterocycles. The first-order valence-electron chi connectivity index (χ1n) is 19.0. The van der Waals surface area contributed by atoms with E-state index in [1.54, 1.807) is 30.3 Å². The van der Waals surface area contributed by atoms with Gasteiger partial charge in [0.15, 0.2) is 0 Å². The highest BCUT2D eigenvalue weighted by atomic mass is 32.2. The van der Waals surface area contributed by atoms with Gasteiger partial charge >= 0.3 is 24.0 Å². The Morgan fingerprint density at radius 2 is 1.34 bits per heavy atom. The van der Waals surface area contributed by atoms with Crippen molar-refractivity contribution in [3.63, 3.8) is 0 Å².